The van der Waals surface area contributed by atoms with Gasteiger partial charge in [0.1, 0.15) is 0 Å². The Hall–Kier alpha value is -2.22. The number of benzene rings is 2. The van der Waals surface area contributed by atoms with Gasteiger partial charge in [0.2, 0.25) is 0 Å². The maximum absolute atomic E-state index is 4.75. The number of hydrogen-bond acceptors (Lipinski definition) is 0. The molecule has 0 unspecified atom stereocenters. The maximum atomic E-state index is 4.75. The summed E-state index contributed by atoms with van der Waals surface area (Å²) in [5, 5.41) is 0. The van der Waals surface area contributed by atoms with E-state index in [1.165, 1.54) is 25.4 Å². The quantitative estimate of drug-likeness (QED) is 0.293. The summed E-state index contributed by atoms with van der Waals surface area (Å²) < 4.78 is 4.51. The molecular formula is C20H19N2Se+. The minimum absolute atomic E-state index is 0.188. The summed E-state index contributed by atoms with van der Waals surface area (Å²) in [4.78, 5) is 4.75. The summed E-state index contributed by atoms with van der Waals surface area (Å²) in [7, 11) is 4.00. The predicted octanol–water partition coefficient (Wildman–Crippen LogP) is 3.28. The summed E-state index contributed by atoms with van der Waals surface area (Å²) in [5.41, 5.74) is 3.74. The molecule has 3 rings (SSSR count). The van der Waals surface area contributed by atoms with Crippen molar-refractivity contribution in [2.24, 2.45) is 4.99 Å². The first kappa shape index (κ1) is 15.7. The molecular weight excluding hydrogens is 347 g/mol. The van der Waals surface area contributed by atoms with Crippen LogP contribution in [0, 0.1) is 0 Å². The Morgan fingerprint density at radius 1 is 0.783 bits per heavy atom. The Bertz CT molecular complexity index is 874. The van der Waals surface area contributed by atoms with Gasteiger partial charge in [-0.05, 0) is 0 Å². The van der Waals surface area contributed by atoms with Gasteiger partial charge in [0, 0.05) is 0 Å². The summed E-state index contributed by atoms with van der Waals surface area (Å²) in [6.07, 6.45) is 1.89. The second kappa shape index (κ2) is 7.36. The molecule has 0 atom stereocenters. The monoisotopic (exact) mass is 367 g/mol. The molecule has 0 saturated carbocycles. The Morgan fingerprint density at radius 3 is 2.00 bits per heavy atom. The molecule has 0 fully saturated rings. The van der Waals surface area contributed by atoms with Gasteiger partial charge < -0.3 is 0 Å². The van der Waals surface area contributed by atoms with Gasteiger partial charge in [0.25, 0.3) is 0 Å². The van der Waals surface area contributed by atoms with Gasteiger partial charge >= 0.3 is 143 Å². The molecule has 0 amide bonds. The normalized spacial score (nSPS) is 11.3. The van der Waals surface area contributed by atoms with Crippen molar-refractivity contribution in [3.8, 4) is 21.1 Å². The van der Waals surface area contributed by atoms with Crippen LogP contribution in [0.3, 0.4) is 0 Å². The van der Waals surface area contributed by atoms with Crippen LogP contribution in [0.15, 0.2) is 77.8 Å². The van der Waals surface area contributed by atoms with Gasteiger partial charge in [-0.25, -0.2) is 0 Å². The molecule has 3 heteroatoms. The molecule has 0 aliphatic heterocycles. The van der Waals surface area contributed by atoms with Crippen LogP contribution in [0.1, 0.15) is 0 Å². The third-order valence-electron chi connectivity index (χ3n) is 3.39. The van der Waals surface area contributed by atoms with Crippen LogP contribution in [0.25, 0.3) is 21.1 Å². The van der Waals surface area contributed by atoms with Crippen LogP contribution < -0.4 is 4.23 Å². The van der Waals surface area contributed by atoms with Crippen molar-refractivity contribution in [3.05, 3.63) is 77.0 Å². The summed E-state index contributed by atoms with van der Waals surface area (Å²) in [6, 6.07) is 25.5. The van der Waals surface area contributed by atoms with Crippen LogP contribution in [-0.2, 0) is 0 Å². The average Bonchev–Trinajstić information content (AvgIpc) is 2.61. The number of nitrogens with zero attached hydrogens (tertiary/aromatic N) is 2. The fraction of sp³-hybridized carbons (Fsp3) is 0.100. The van der Waals surface area contributed by atoms with Gasteiger partial charge in [-0.2, -0.15) is 0 Å². The Morgan fingerprint density at radius 2 is 1.39 bits per heavy atom. The van der Waals surface area contributed by atoms with E-state index in [1.807, 2.05) is 31.1 Å². The van der Waals surface area contributed by atoms with Crippen molar-refractivity contribution in [3.63, 3.8) is 0 Å². The van der Waals surface area contributed by atoms with Gasteiger partial charge in [-0.3, -0.25) is 0 Å². The third-order valence-corrected chi connectivity index (χ3v) is 5.72. The average molecular weight is 366 g/mol. The molecule has 2 aromatic carbocycles. The van der Waals surface area contributed by atoms with Crippen LogP contribution in [-0.4, -0.2) is 39.5 Å². The molecule has 0 aliphatic carbocycles. The van der Waals surface area contributed by atoms with E-state index in [0.29, 0.717) is 0 Å². The SMILES string of the molecule is C[N+](C)=CN=c1[se]c(-c2ccccc2)ccc1-c1ccccc1. The van der Waals surface area contributed by atoms with E-state index in [2.05, 4.69) is 66.7 Å². The van der Waals surface area contributed by atoms with Gasteiger partial charge in [0.15, 0.2) is 0 Å². The first-order valence-corrected chi connectivity index (χ1v) is 9.24. The molecule has 114 valence electrons. The molecule has 0 bridgehead atoms. The molecule has 3 aromatic rings. The van der Waals surface area contributed by atoms with E-state index >= 15 is 0 Å². The summed E-state index contributed by atoms with van der Waals surface area (Å²) in [6.45, 7) is 0. The van der Waals surface area contributed by atoms with Crippen LogP contribution >= 0.6 is 0 Å². The molecule has 0 N–H and O–H groups in total. The summed E-state index contributed by atoms with van der Waals surface area (Å²) >= 11 is 0.188. The predicted molar refractivity (Wildman–Crippen MR) is 98.0 cm³/mol. The Labute approximate surface area is 142 Å². The molecule has 0 saturated heterocycles. The van der Waals surface area contributed by atoms with E-state index in [-0.39, 0.29) is 14.5 Å². The van der Waals surface area contributed by atoms with Gasteiger partial charge in [0.05, 0.1) is 0 Å². The van der Waals surface area contributed by atoms with Gasteiger partial charge in [-0.15, -0.1) is 0 Å². The van der Waals surface area contributed by atoms with Crippen LogP contribution in [0.4, 0.5) is 0 Å². The molecule has 23 heavy (non-hydrogen) atoms. The molecule has 0 spiro atoms. The summed E-state index contributed by atoms with van der Waals surface area (Å²) in [5.74, 6) is 0. The van der Waals surface area contributed by atoms with E-state index in [9.17, 15) is 0 Å². The first-order chi connectivity index (χ1) is 11.2. The zero-order chi connectivity index (χ0) is 16.1. The first-order valence-electron chi connectivity index (χ1n) is 7.52. The minimum atomic E-state index is 0.188. The van der Waals surface area contributed by atoms with Crippen molar-refractivity contribution in [2.45, 2.75) is 0 Å². The van der Waals surface area contributed by atoms with Crippen molar-refractivity contribution in [2.75, 3.05) is 14.1 Å². The number of hydrogen-bond donors (Lipinski definition) is 0. The zero-order valence-electron chi connectivity index (χ0n) is 13.3. The van der Waals surface area contributed by atoms with Crippen molar-refractivity contribution in [1.82, 2.24) is 0 Å². The van der Waals surface area contributed by atoms with Gasteiger partial charge in [-0.1, -0.05) is 0 Å². The van der Waals surface area contributed by atoms with Crippen molar-refractivity contribution in [1.29, 1.82) is 0 Å². The molecule has 0 radical (unpaired) electrons. The Balaban J connectivity index is 2.18. The van der Waals surface area contributed by atoms with Crippen molar-refractivity contribution >= 4 is 20.8 Å². The van der Waals surface area contributed by atoms with E-state index in [0.717, 1.165) is 0 Å². The number of rotatable bonds is 3. The van der Waals surface area contributed by atoms with E-state index in [1.54, 1.807) is 0 Å². The molecule has 2 nitrogen and oxygen atoms in total. The molecule has 1 aromatic heterocycles. The molecule has 1 heterocycles. The van der Waals surface area contributed by atoms with E-state index in [4.69, 9.17) is 4.99 Å². The second-order valence-corrected chi connectivity index (χ2v) is 7.62. The van der Waals surface area contributed by atoms with Crippen LogP contribution in [0.2, 0.25) is 0 Å². The molecule has 0 aliphatic rings. The Kier molecular flexibility index (Phi) is 5.02. The van der Waals surface area contributed by atoms with E-state index < -0.39 is 0 Å². The fourth-order valence-electron chi connectivity index (χ4n) is 2.28. The standard InChI is InChI=1S/C20H19N2Se/c1-22(2)15-21-20-18(16-9-5-3-6-10-16)13-14-19(23-20)17-11-7-4-8-12-17/h3-15H,1-2H3/q+1. The second-order valence-electron chi connectivity index (χ2n) is 5.46. The van der Waals surface area contributed by atoms with Crippen molar-refractivity contribution < 1.29 is 4.58 Å². The topological polar surface area (TPSA) is 15.4 Å². The van der Waals surface area contributed by atoms with Crippen LogP contribution in [0.5, 0.6) is 0 Å². The zero-order valence-corrected chi connectivity index (χ0v) is 15.0. The third kappa shape index (κ3) is 3.95. The fourth-order valence-corrected chi connectivity index (χ4v) is 4.37.